The number of aromatic nitrogens is 8. The van der Waals surface area contributed by atoms with Gasteiger partial charge in [0, 0.05) is 110 Å². The first-order chi connectivity index (χ1) is 56.0. The summed E-state index contributed by atoms with van der Waals surface area (Å²) < 4.78 is 46.2. The number of ketones is 1. The zero-order valence-corrected chi connectivity index (χ0v) is 67.6. The molecule has 2 N–H and O–H groups in total. The van der Waals surface area contributed by atoms with E-state index in [-0.39, 0.29) is 11.3 Å². The van der Waals surface area contributed by atoms with E-state index in [1.807, 2.05) is 227 Å². The highest BCUT2D eigenvalue weighted by molar-refractivity contribution is 6.12. The van der Waals surface area contributed by atoms with Crippen molar-refractivity contribution in [3.63, 3.8) is 0 Å². The lowest BCUT2D eigenvalue weighted by Gasteiger charge is -2.30. The molecule has 3 aliphatic heterocycles. The summed E-state index contributed by atoms with van der Waals surface area (Å²) in [6, 6.07) is 52.3. The van der Waals surface area contributed by atoms with Gasteiger partial charge in [-0.3, -0.25) is 29.5 Å². The molecule has 0 radical (unpaired) electrons. The molecular formula is C96H90N8O13. The van der Waals surface area contributed by atoms with Crippen molar-refractivity contribution in [2.75, 3.05) is 19.8 Å². The average molecular weight is 1560 g/mol. The number of fused-ring (bicyclic) bond motifs is 5. The molecule has 3 atom stereocenters. The van der Waals surface area contributed by atoms with Crippen molar-refractivity contribution in [3.05, 3.63) is 261 Å². The summed E-state index contributed by atoms with van der Waals surface area (Å²) in [4.78, 5) is 71.0. The molecule has 21 heteroatoms. The van der Waals surface area contributed by atoms with Crippen molar-refractivity contribution in [1.29, 1.82) is 0 Å². The number of carbonyl (C=O) groups is 3. The van der Waals surface area contributed by atoms with Crippen LogP contribution in [0.5, 0.6) is 28.7 Å². The van der Waals surface area contributed by atoms with Crippen LogP contribution in [0.15, 0.2) is 200 Å². The van der Waals surface area contributed by atoms with E-state index >= 15 is 0 Å². The van der Waals surface area contributed by atoms with Gasteiger partial charge in [-0.15, -0.1) is 5.10 Å². The Kier molecular flexibility index (Phi) is 20.7. The van der Waals surface area contributed by atoms with Crippen LogP contribution in [0.2, 0.25) is 0 Å². The van der Waals surface area contributed by atoms with E-state index in [0.717, 1.165) is 158 Å². The maximum Gasteiger partial charge on any atom is 0.337 e. The number of aryl methyl sites for hydroxylation is 3. The Morgan fingerprint density at radius 3 is 1.40 bits per heavy atom. The summed E-state index contributed by atoms with van der Waals surface area (Å²) in [5.41, 5.74) is 17.4. The number of benzene rings is 8. The van der Waals surface area contributed by atoms with Crippen LogP contribution in [0.4, 0.5) is 0 Å². The minimum atomic E-state index is -1.27. The molecule has 0 saturated heterocycles. The van der Waals surface area contributed by atoms with E-state index in [0.29, 0.717) is 65.4 Å². The topological polar surface area (TPSA) is 260 Å². The molecule has 15 aromatic rings. The smallest absolute Gasteiger partial charge is 0.337 e. The molecule has 117 heavy (non-hydrogen) atoms. The Balaban J connectivity index is 0.000000134. The molecule has 0 aliphatic carbocycles. The second-order valence-corrected chi connectivity index (χ2v) is 32.9. The highest BCUT2D eigenvalue weighted by atomic mass is 16.5. The lowest BCUT2D eigenvalue weighted by molar-refractivity contribution is -0.161. The highest BCUT2D eigenvalue weighted by Crippen LogP contribution is 2.50. The van der Waals surface area contributed by atoms with Crippen LogP contribution in [0.3, 0.4) is 0 Å². The van der Waals surface area contributed by atoms with E-state index in [4.69, 9.17) is 48.1 Å². The number of carbonyl (C=O) groups excluding carboxylic acids is 1. The fourth-order valence-electron chi connectivity index (χ4n) is 16.5. The molecule has 0 amide bonds. The number of para-hydroxylation sites is 1. The van der Waals surface area contributed by atoms with Gasteiger partial charge >= 0.3 is 11.9 Å². The highest BCUT2D eigenvalue weighted by Gasteiger charge is 2.37. The molecule has 7 aromatic heterocycles. The third-order valence-corrected chi connectivity index (χ3v) is 21.3. The molecular weight excluding hydrogens is 1470 g/mol. The first-order valence-electron chi connectivity index (χ1n) is 39.3. The van der Waals surface area contributed by atoms with Gasteiger partial charge in [0.25, 0.3) is 5.56 Å². The Hall–Kier alpha value is -12.8. The minimum Gasteiger partial charge on any atom is -0.493 e. The van der Waals surface area contributed by atoms with Crippen LogP contribution in [-0.4, -0.2) is 104 Å². The second-order valence-electron chi connectivity index (χ2n) is 32.9. The number of hydrogen-bond acceptors (Lipinski definition) is 17. The lowest BCUT2D eigenvalue weighted by atomic mass is 9.85. The number of pyridine rings is 6. The molecule has 10 heterocycles. The summed E-state index contributed by atoms with van der Waals surface area (Å²) in [6.45, 7) is 26.6. The van der Waals surface area contributed by atoms with Crippen LogP contribution in [0, 0.1) is 20.8 Å². The van der Waals surface area contributed by atoms with E-state index in [1.54, 1.807) is 42.2 Å². The number of rotatable bonds is 16. The summed E-state index contributed by atoms with van der Waals surface area (Å²) in [5, 5.41) is 34.7. The van der Waals surface area contributed by atoms with Gasteiger partial charge in [0.1, 0.15) is 34.9 Å². The maximum atomic E-state index is 13.6. The van der Waals surface area contributed by atoms with E-state index in [9.17, 15) is 29.4 Å². The van der Waals surface area contributed by atoms with Crippen LogP contribution in [0.25, 0.3) is 104 Å². The van der Waals surface area contributed by atoms with Gasteiger partial charge in [-0.05, 0) is 273 Å². The van der Waals surface area contributed by atoms with Crippen molar-refractivity contribution >= 4 is 88.7 Å². The van der Waals surface area contributed by atoms with Gasteiger partial charge in [0.2, 0.25) is 0 Å². The number of carboxylic acids is 2. The number of Topliss-reactive ketones (excluding diaryl/α,β-unsaturated/α-hetero) is 1. The Bertz CT molecular complexity index is 6530. The molecule has 592 valence electrons. The molecule has 21 nitrogen and oxygen atoms in total. The summed E-state index contributed by atoms with van der Waals surface area (Å²) in [6.07, 6.45) is 8.17. The molecule has 3 aliphatic rings. The van der Waals surface area contributed by atoms with E-state index in [2.05, 4.69) is 39.6 Å². The fourth-order valence-corrected chi connectivity index (χ4v) is 16.5. The van der Waals surface area contributed by atoms with Crippen molar-refractivity contribution in [2.24, 2.45) is 0 Å². The lowest BCUT2D eigenvalue weighted by Crippen LogP contribution is -2.28. The maximum absolute atomic E-state index is 13.6. The predicted molar refractivity (Wildman–Crippen MR) is 453 cm³/mol. The molecule has 18 rings (SSSR count). The first kappa shape index (κ1) is 78.1. The SMILES string of the molecule is CC(=O)[C@@H](OC(C)(C)C)c1c(C)cc2c(ccc3cnnn32)c1-c1ccc2c3c(ccnc13)CCO2.Cc1cc2c(ccc(=O)n2Cc2ccc(Oc3ccccc3)cc2)c(-c2ccc3c4c(ccnc24)CCO3)c1[C@H](OC(C)(C)C)C(=O)O.Cc1cc2ncccc2c(-c2ccc3c4c(ccnc24)CCO3)c1[C@H](OC(C)(C)C)C(=O)O. The number of hydrogen-bond donors (Lipinski definition) is 2. The Morgan fingerprint density at radius 2 is 0.915 bits per heavy atom. The number of carboxylic acid groups (broad SMARTS) is 2. The van der Waals surface area contributed by atoms with E-state index < -0.39 is 47.1 Å². The summed E-state index contributed by atoms with van der Waals surface area (Å²) in [7, 11) is 0. The molecule has 0 saturated carbocycles. The Labute approximate surface area is 675 Å². The van der Waals surface area contributed by atoms with Crippen molar-refractivity contribution in [2.45, 2.75) is 151 Å². The van der Waals surface area contributed by atoms with Crippen LogP contribution >= 0.6 is 0 Å². The predicted octanol–water partition coefficient (Wildman–Crippen LogP) is 19.7. The minimum absolute atomic E-state index is 0.0468. The molecule has 0 fully saturated rings. The van der Waals surface area contributed by atoms with Gasteiger partial charge in [-0.2, -0.15) is 0 Å². The third-order valence-electron chi connectivity index (χ3n) is 21.3. The molecule has 0 unspecified atom stereocenters. The summed E-state index contributed by atoms with van der Waals surface area (Å²) >= 11 is 0. The van der Waals surface area contributed by atoms with Crippen molar-refractivity contribution in [3.8, 4) is 62.1 Å². The zero-order chi connectivity index (χ0) is 82.1. The van der Waals surface area contributed by atoms with Crippen molar-refractivity contribution in [1.82, 2.24) is 39.3 Å². The van der Waals surface area contributed by atoms with Gasteiger partial charge in [-0.25, -0.2) is 14.1 Å². The van der Waals surface area contributed by atoms with Gasteiger partial charge in [0.05, 0.1) is 88.0 Å². The van der Waals surface area contributed by atoms with Crippen LogP contribution in [-0.2, 0) is 54.4 Å². The summed E-state index contributed by atoms with van der Waals surface area (Å²) in [5.74, 6) is 1.65. The van der Waals surface area contributed by atoms with Gasteiger partial charge in [0.15, 0.2) is 18.0 Å². The average Bonchev–Trinajstić information content (AvgIpc) is 1.16. The monoisotopic (exact) mass is 1560 g/mol. The first-order valence-corrected chi connectivity index (χ1v) is 39.3. The number of aliphatic carboxylic acids is 2. The normalized spacial score (nSPS) is 13.9. The van der Waals surface area contributed by atoms with Gasteiger partial charge in [-0.1, -0.05) is 41.6 Å². The number of nitrogens with zero attached hydrogens (tertiary/aromatic N) is 8. The zero-order valence-electron chi connectivity index (χ0n) is 67.6. The standard InChI is InChI=1S/C40H36N2O6.C29H28N4O3.C27H26N2O4/c1-24-22-31-29(15-17-33(43)42(31)23-25-10-12-28(13-11-25)47-27-8-6-5-7-9-27)36(34(24)38(39(44)45)48-40(2,3)4)30-14-16-32-35-26(19-21-46-32)18-20-41-37(30)35;1-16-14-22-20(7-6-19-15-31-32-33(19)22)26(24(16)28(17(2)34)36-29(3,4)5)21-8-9-23-25-18(11-13-35-23)10-12-30-27(21)25;1-15-14-19-17(6-5-11-28-19)23(21(15)25(26(30)31)33-27(2,3)4)18-7-8-20-22-16(10-13-32-20)9-12-29-24(18)22/h5-18,20,22,38H,19,21,23H2,1-4H3,(H,44,45);6-10,12,14-15,28H,11,13H2,1-5H3;5-9,11-12,14,25H,10,13H2,1-4H3,(H,30,31)/t38-;28-;25-/m010/s1. The largest absolute Gasteiger partial charge is 0.493 e. The van der Waals surface area contributed by atoms with Gasteiger partial charge < -0.3 is 47.9 Å². The fraction of sp³-hybridized carbons (Fsp3) is 0.271. The molecule has 0 bridgehead atoms. The Morgan fingerprint density at radius 1 is 0.470 bits per heavy atom. The second kappa shape index (κ2) is 31.1. The quantitative estimate of drug-likeness (QED) is 0.0911. The van der Waals surface area contributed by atoms with E-state index in [1.165, 1.54) is 11.1 Å². The van der Waals surface area contributed by atoms with Crippen LogP contribution in [0.1, 0.15) is 143 Å². The van der Waals surface area contributed by atoms with Crippen molar-refractivity contribution < 1.29 is 57.8 Å². The molecule has 8 aromatic carbocycles. The number of ether oxygens (including phenoxy) is 7. The molecule has 0 spiro atoms. The van der Waals surface area contributed by atoms with Crippen LogP contribution < -0.4 is 24.5 Å². The third kappa shape index (κ3) is 15.4.